The summed E-state index contributed by atoms with van der Waals surface area (Å²) in [4.78, 5) is 22.0. The molecule has 0 heterocycles. The van der Waals surface area contributed by atoms with E-state index in [2.05, 4.69) is 5.32 Å². The summed E-state index contributed by atoms with van der Waals surface area (Å²) in [5, 5.41) is 11.2. The van der Waals surface area contributed by atoms with Crippen molar-refractivity contribution in [2.45, 2.75) is 19.4 Å². The molecule has 0 aromatic heterocycles. The van der Waals surface area contributed by atoms with Gasteiger partial charge in [0.05, 0.1) is 11.6 Å². The molecule has 1 aromatic rings. The van der Waals surface area contributed by atoms with Crippen molar-refractivity contribution >= 4 is 11.8 Å². The first-order chi connectivity index (χ1) is 8.02. The number of nitrogens with one attached hydrogen (secondary N) is 1. The van der Waals surface area contributed by atoms with E-state index in [0.29, 0.717) is 5.56 Å². The van der Waals surface area contributed by atoms with Crippen molar-refractivity contribution in [3.63, 3.8) is 0 Å². The minimum Gasteiger partial charge on any atom is -0.368 e. The van der Waals surface area contributed by atoms with Gasteiger partial charge >= 0.3 is 0 Å². The van der Waals surface area contributed by atoms with E-state index in [-0.39, 0.29) is 12.3 Å². The normalized spacial score (nSPS) is 11.3. The van der Waals surface area contributed by atoms with Gasteiger partial charge in [0.2, 0.25) is 11.8 Å². The quantitative estimate of drug-likeness (QED) is 0.768. The molecule has 0 aliphatic heterocycles. The summed E-state index contributed by atoms with van der Waals surface area (Å²) in [5.74, 6) is -0.909. The molecule has 0 fully saturated rings. The van der Waals surface area contributed by atoms with Crippen molar-refractivity contribution in [2.75, 3.05) is 0 Å². The number of rotatable bonds is 4. The van der Waals surface area contributed by atoms with Gasteiger partial charge in [-0.15, -0.1) is 0 Å². The molecule has 5 nitrogen and oxygen atoms in total. The lowest BCUT2D eigenvalue weighted by atomic mass is 10.0. The van der Waals surface area contributed by atoms with Crippen LogP contribution in [0.15, 0.2) is 24.3 Å². The maximum Gasteiger partial charge on any atom is 0.240 e. The largest absolute Gasteiger partial charge is 0.368 e. The van der Waals surface area contributed by atoms with Crippen molar-refractivity contribution in [1.29, 1.82) is 5.26 Å². The van der Waals surface area contributed by atoms with Gasteiger partial charge < -0.3 is 11.1 Å². The van der Waals surface area contributed by atoms with Crippen molar-refractivity contribution < 1.29 is 9.59 Å². The van der Waals surface area contributed by atoms with Crippen LogP contribution in [-0.4, -0.2) is 17.9 Å². The SMILES string of the molecule is CC(=O)N[C@@H](Cc1cccc(C#N)c1)C(N)=O. The third-order valence-electron chi connectivity index (χ3n) is 2.22. The van der Waals surface area contributed by atoms with E-state index >= 15 is 0 Å². The fourth-order valence-electron chi connectivity index (χ4n) is 1.47. The minimum atomic E-state index is -0.749. The lowest BCUT2D eigenvalue weighted by Crippen LogP contribution is -2.44. The number of carbonyl (C=O) groups excluding carboxylic acids is 2. The molecule has 0 spiro atoms. The Balaban J connectivity index is 2.82. The van der Waals surface area contributed by atoms with Crippen molar-refractivity contribution in [3.05, 3.63) is 35.4 Å². The van der Waals surface area contributed by atoms with Crippen LogP contribution < -0.4 is 11.1 Å². The summed E-state index contributed by atoms with van der Waals surface area (Å²) in [5.41, 5.74) is 6.47. The molecule has 0 radical (unpaired) electrons. The fourth-order valence-corrected chi connectivity index (χ4v) is 1.47. The fraction of sp³-hybridized carbons (Fsp3) is 0.250. The monoisotopic (exact) mass is 231 g/mol. The van der Waals surface area contributed by atoms with E-state index in [1.807, 2.05) is 6.07 Å². The Hall–Kier alpha value is -2.35. The van der Waals surface area contributed by atoms with Crippen LogP contribution in [-0.2, 0) is 16.0 Å². The highest BCUT2D eigenvalue weighted by molar-refractivity contribution is 5.85. The smallest absolute Gasteiger partial charge is 0.240 e. The van der Waals surface area contributed by atoms with E-state index in [1.54, 1.807) is 24.3 Å². The molecule has 0 saturated heterocycles. The Morgan fingerprint density at radius 2 is 2.24 bits per heavy atom. The van der Waals surface area contributed by atoms with Crippen LogP contribution in [0.1, 0.15) is 18.1 Å². The molecule has 17 heavy (non-hydrogen) atoms. The first-order valence-corrected chi connectivity index (χ1v) is 5.08. The predicted octanol–water partition coefficient (Wildman–Crippen LogP) is 0.0908. The minimum absolute atomic E-state index is 0.282. The number of carbonyl (C=O) groups is 2. The van der Waals surface area contributed by atoms with E-state index in [4.69, 9.17) is 11.0 Å². The second-order valence-electron chi connectivity index (χ2n) is 3.67. The first-order valence-electron chi connectivity index (χ1n) is 5.08. The molecule has 0 aliphatic rings. The summed E-state index contributed by atoms with van der Waals surface area (Å²) in [6.45, 7) is 1.32. The molecule has 2 amide bonds. The van der Waals surface area contributed by atoms with E-state index < -0.39 is 11.9 Å². The molecule has 5 heteroatoms. The Morgan fingerprint density at radius 1 is 1.53 bits per heavy atom. The van der Waals surface area contributed by atoms with Gasteiger partial charge in [-0.2, -0.15) is 5.26 Å². The van der Waals surface area contributed by atoms with Gasteiger partial charge in [0.1, 0.15) is 6.04 Å². The number of amides is 2. The van der Waals surface area contributed by atoms with Gasteiger partial charge in [0.15, 0.2) is 0 Å². The van der Waals surface area contributed by atoms with E-state index in [1.165, 1.54) is 6.92 Å². The average Bonchev–Trinajstić information content (AvgIpc) is 2.27. The number of hydrogen-bond acceptors (Lipinski definition) is 3. The van der Waals surface area contributed by atoms with Gasteiger partial charge in [0.25, 0.3) is 0 Å². The second kappa shape index (κ2) is 5.66. The molecule has 1 rings (SSSR count). The number of benzene rings is 1. The van der Waals surface area contributed by atoms with Crippen LogP contribution in [0.5, 0.6) is 0 Å². The molecule has 3 N–H and O–H groups in total. The highest BCUT2D eigenvalue weighted by atomic mass is 16.2. The van der Waals surface area contributed by atoms with Crippen LogP contribution in [0, 0.1) is 11.3 Å². The molecular formula is C12H13N3O2. The maximum absolute atomic E-state index is 11.1. The van der Waals surface area contributed by atoms with Gasteiger partial charge in [-0.1, -0.05) is 12.1 Å². The number of nitrogens with zero attached hydrogens (tertiary/aromatic N) is 1. The highest BCUT2D eigenvalue weighted by Crippen LogP contribution is 2.07. The van der Waals surface area contributed by atoms with Gasteiger partial charge in [-0.3, -0.25) is 9.59 Å². The van der Waals surface area contributed by atoms with Crippen molar-refractivity contribution in [2.24, 2.45) is 5.73 Å². The molecule has 88 valence electrons. The van der Waals surface area contributed by atoms with E-state index in [9.17, 15) is 9.59 Å². The average molecular weight is 231 g/mol. The number of nitriles is 1. The summed E-state index contributed by atoms with van der Waals surface area (Å²) < 4.78 is 0. The summed E-state index contributed by atoms with van der Waals surface area (Å²) in [7, 11) is 0. The number of hydrogen-bond donors (Lipinski definition) is 2. The lowest BCUT2D eigenvalue weighted by molar-refractivity contribution is -0.126. The Kier molecular flexibility index (Phi) is 4.23. The van der Waals surface area contributed by atoms with Crippen LogP contribution in [0.4, 0.5) is 0 Å². The molecular weight excluding hydrogens is 218 g/mol. The number of nitrogens with two attached hydrogens (primary N) is 1. The van der Waals surface area contributed by atoms with Gasteiger partial charge in [-0.05, 0) is 17.7 Å². The zero-order valence-corrected chi connectivity index (χ0v) is 9.43. The van der Waals surface area contributed by atoms with Crippen LogP contribution >= 0.6 is 0 Å². The van der Waals surface area contributed by atoms with Gasteiger partial charge in [0, 0.05) is 13.3 Å². The molecule has 0 aliphatic carbocycles. The molecule has 0 bridgehead atoms. The standard InChI is InChI=1S/C12H13N3O2/c1-8(16)15-11(12(14)17)6-9-3-2-4-10(5-9)7-13/h2-5,11H,6H2,1H3,(H2,14,17)(H,15,16)/t11-/m0/s1. The Morgan fingerprint density at radius 3 is 2.76 bits per heavy atom. The molecule has 1 atom stereocenters. The molecule has 0 unspecified atom stereocenters. The highest BCUT2D eigenvalue weighted by Gasteiger charge is 2.16. The summed E-state index contributed by atoms with van der Waals surface area (Å²) in [6.07, 6.45) is 0.282. The topological polar surface area (TPSA) is 96.0 Å². The second-order valence-corrected chi connectivity index (χ2v) is 3.67. The zero-order chi connectivity index (χ0) is 12.8. The lowest BCUT2D eigenvalue weighted by Gasteiger charge is -2.14. The Labute approximate surface area is 99.2 Å². The van der Waals surface area contributed by atoms with Gasteiger partial charge in [-0.25, -0.2) is 0 Å². The zero-order valence-electron chi connectivity index (χ0n) is 9.43. The summed E-state index contributed by atoms with van der Waals surface area (Å²) in [6, 6.07) is 8.09. The van der Waals surface area contributed by atoms with Crippen LogP contribution in [0.2, 0.25) is 0 Å². The third-order valence-corrected chi connectivity index (χ3v) is 2.22. The van der Waals surface area contributed by atoms with Crippen LogP contribution in [0.3, 0.4) is 0 Å². The predicted molar refractivity (Wildman–Crippen MR) is 61.7 cm³/mol. The summed E-state index contributed by atoms with van der Waals surface area (Å²) >= 11 is 0. The Bertz CT molecular complexity index is 477. The van der Waals surface area contributed by atoms with E-state index in [0.717, 1.165) is 5.56 Å². The van der Waals surface area contributed by atoms with Crippen molar-refractivity contribution in [3.8, 4) is 6.07 Å². The molecule has 1 aromatic carbocycles. The first kappa shape index (κ1) is 12.7. The number of primary amides is 1. The van der Waals surface area contributed by atoms with Crippen LogP contribution in [0.25, 0.3) is 0 Å². The third kappa shape index (κ3) is 3.95. The van der Waals surface area contributed by atoms with Crippen molar-refractivity contribution in [1.82, 2.24) is 5.32 Å². The maximum atomic E-state index is 11.1. The molecule has 0 saturated carbocycles.